The topological polar surface area (TPSA) is 101 Å². The number of fused-ring (bicyclic) bond motifs is 1. The Morgan fingerprint density at radius 3 is 2.64 bits per heavy atom. The second kappa shape index (κ2) is 7.87. The minimum atomic E-state index is -1.50. The van der Waals surface area contributed by atoms with E-state index in [0.29, 0.717) is 30.1 Å². The monoisotopic (exact) mass is 393 g/mol. The third kappa shape index (κ3) is 3.92. The van der Waals surface area contributed by atoms with Crippen LogP contribution < -0.4 is 10.5 Å². The number of pyridine rings is 2. The number of nitrogens with one attached hydrogen (secondary N) is 1. The van der Waals surface area contributed by atoms with E-state index in [0.717, 1.165) is 22.6 Å². The van der Waals surface area contributed by atoms with Crippen LogP contribution in [0.3, 0.4) is 0 Å². The van der Waals surface area contributed by atoms with Crippen LogP contribution in [0.1, 0.15) is 27.2 Å². The normalized spacial score (nSPS) is 14.0. The first-order chi connectivity index (χ1) is 13.6. The zero-order chi connectivity index (χ0) is 19.5. The Hall–Kier alpha value is -3.10. The highest BCUT2D eigenvalue weighted by atomic mass is 32.2. The maximum atomic E-state index is 12.7. The summed E-state index contributed by atoms with van der Waals surface area (Å²) in [6.45, 7) is 1.54. The lowest BCUT2D eigenvalue weighted by Gasteiger charge is -2.15. The first-order valence-corrected chi connectivity index (χ1v) is 9.98. The van der Waals surface area contributed by atoms with E-state index in [1.807, 2.05) is 36.4 Å². The number of amides is 1. The highest BCUT2D eigenvalue weighted by Gasteiger charge is 2.28. The third-order valence-electron chi connectivity index (χ3n) is 4.56. The molecule has 142 valence electrons. The SMILES string of the molecule is NS(=O)c1ccc(CN2Cc3nc(NCc4cccnc4)ccc3C2=O)cc1. The predicted octanol–water partition coefficient (Wildman–Crippen LogP) is 2.23. The number of hydrogen-bond donors (Lipinski definition) is 2. The third-order valence-corrected chi connectivity index (χ3v) is 5.29. The minimum absolute atomic E-state index is 0.0345. The predicted molar refractivity (Wildman–Crippen MR) is 106 cm³/mol. The van der Waals surface area contributed by atoms with Gasteiger partial charge in [-0.1, -0.05) is 18.2 Å². The van der Waals surface area contributed by atoms with Gasteiger partial charge in [-0.15, -0.1) is 0 Å². The number of hydrogen-bond acceptors (Lipinski definition) is 5. The van der Waals surface area contributed by atoms with Crippen LogP contribution in [0.4, 0.5) is 5.82 Å². The summed E-state index contributed by atoms with van der Waals surface area (Å²) in [5, 5.41) is 8.64. The van der Waals surface area contributed by atoms with E-state index in [9.17, 15) is 9.00 Å². The van der Waals surface area contributed by atoms with Crippen molar-refractivity contribution in [2.24, 2.45) is 5.14 Å². The molecule has 4 rings (SSSR count). The molecule has 0 saturated carbocycles. The molecule has 1 aromatic carbocycles. The molecule has 2 aromatic heterocycles. The van der Waals surface area contributed by atoms with Crippen LogP contribution in [0.5, 0.6) is 0 Å². The van der Waals surface area contributed by atoms with Crippen molar-refractivity contribution < 1.29 is 9.00 Å². The number of anilines is 1. The fourth-order valence-corrected chi connectivity index (χ4v) is 3.51. The molecule has 1 atom stereocenters. The summed E-state index contributed by atoms with van der Waals surface area (Å²) in [5.74, 6) is 0.694. The molecule has 0 bridgehead atoms. The van der Waals surface area contributed by atoms with Crippen molar-refractivity contribution in [3.8, 4) is 0 Å². The average Bonchev–Trinajstić information content (AvgIpc) is 3.02. The second-order valence-electron chi connectivity index (χ2n) is 6.51. The summed E-state index contributed by atoms with van der Waals surface area (Å²) in [7, 11) is -1.50. The quantitative estimate of drug-likeness (QED) is 0.669. The van der Waals surface area contributed by atoms with Gasteiger partial charge in [0.25, 0.3) is 5.91 Å². The smallest absolute Gasteiger partial charge is 0.256 e. The van der Waals surface area contributed by atoms with Crippen molar-refractivity contribution in [3.63, 3.8) is 0 Å². The van der Waals surface area contributed by atoms with Gasteiger partial charge in [-0.3, -0.25) is 9.78 Å². The van der Waals surface area contributed by atoms with Gasteiger partial charge in [0, 0.05) is 25.5 Å². The van der Waals surface area contributed by atoms with Crippen LogP contribution in [0, 0.1) is 0 Å². The molecule has 3 heterocycles. The van der Waals surface area contributed by atoms with E-state index in [-0.39, 0.29) is 5.91 Å². The van der Waals surface area contributed by atoms with Gasteiger partial charge >= 0.3 is 0 Å². The first kappa shape index (κ1) is 18.3. The Labute approximate surface area is 165 Å². The van der Waals surface area contributed by atoms with E-state index < -0.39 is 11.0 Å². The Morgan fingerprint density at radius 1 is 1.11 bits per heavy atom. The zero-order valence-electron chi connectivity index (χ0n) is 15.0. The Bertz CT molecular complexity index is 1020. The Balaban J connectivity index is 1.43. The van der Waals surface area contributed by atoms with Crippen molar-refractivity contribution in [2.45, 2.75) is 24.5 Å². The molecule has 3 N–H and O–H groups in total. The number of nitrogens with two attached hydrogens (primary N) is 1. The zero-order valence-corrected chi connectivity index (χ0v) is 15.9. The van der Waals surface area contributed by atoms with Crippen molar-refractivity contribution >= 4 is 22.7 Å². The maximum absolute atomic E-state index is 12.7. The first-order valence-electron chi connectivity index (χ1n) is 8.77. The van der Waals surface area contributed by atoms with Crippen LogP contribution >= 0.6 is 0 Å². The van der Waals surface area contributed by atoms with E-state index in [4.69, 9.17) is 5.14 Å². The summed E-state index contributed by atoms with van der Waals surface area (Å²) in [5.41, 5.74) is 3.40. The molecule has 28 heavy (non-hydrogen) atoms. The van der Waals surface area contributed by atoms with Crippen LogP contribution in [-0.4, -0.2) is 25.0 Å². The molecule has 8 heteroatoms. The molecule has 1 amide bonds. The molecule has 1 aliphatic rings. The van der Waals surface area contributed by atoms with Gasteiger partial charge in [-0.2, -0.15) is 0 Å². The average molecular weight is 393 g/mol. The lowest BCUT2D eigenvalue weighted by molar-refractivity contribution is 0.0766. The van der Waals surface area contributed by atoms with Crippen molar-refractivity contribution in [1.82, 2.24) is 14.9 Å². The highest BCUT2D eigenvalue weighted by molar-refractivity contribution is 7.82. The van der Waals surface area contributed by atoms with Crippen LogP contribution in [0.2, 0.25) is 0 Å². The van der Waals surface area contributed by atoms with Gasteiger partial charge in [0.2, 0.25) is 0 Å². The van der Waals surface area contributed by atoms with Gasteiger partial charge < -0.3 is 10.2 Å². The van der Waals surface area contributed by atoms with Gasteiger partial charge in [0.1, 0.15) is 16.8 Å². The number of carbonyl (C=O) groups is 1. The van der Waals surface area contributed by atoms with Crippen molar-refractivity contribution in [3.05, 3.63) is 83.3 Å². The molecule has 3 aromatic rings. The molecule has 0 saturated heterocycles. The molecule has 1 aliphatic heterocycles. The number of nitrogens with zero attached hydrogens (tertiary/aromatic N) is 3. The molecule has 0 fully saturated rings. The number of rotatable bonds is 6. The van der Waals surface area contributed by atoms with E-state index in [2.05, 4.69) is 15.3 Å². The van der Waals surface area contributed by atoms with E-state index in [1.165, 1.54) is 0 Å². The second-order valence-corrected chi connectivity index (χ2v) is 7.57. The Morgan fingerprint density at radius 2 is 1.93 bits per heavy atom. The van der Waals surface area contributed by atoms with Crippen molar-refractivity contribution in [2.75, 3.05) is 5.32 Å². The fourth-order valence-electron chi connectivity index (χ4n) is 3.11. The molecule has 0 aliphatic carbocycles. The summed E-state index contributed by atoms with van der Waals surface area (Å²) in [6, 6.07) is 14.6. The van der Waals surface area contributed by atoms with Crippen molar-refractivity contribution in [1.29, 1.82) is 0 Å². The Kier molecular flexibility index (Phi) is 5.14. The minimum Gasteiger partial charge on any atom is -0.366 e. The lowest BCUT2D eigenvalue weighted by atomic mass is 10.2. The maximum Gasteiger partial charge on any atom is 0.256 e. The summed E-state index contributed by atoms with van der Waals surface area (Å²) in [4.78, 5) is 23.7. The van der Waals surface area contributed by atoms with E-state index >= 15 is 0 Å². The van der Waals surface area contributed by atoms with E-state index in [1.54, 1.807) is 29.4 Å². The fraction of sp³-hybridized carbons (Fsp3) is 0.150. The largest absolute Gasteiger partial charge is 0.366 e. The van der Waals surface area contributed by atoms with Gasteiger partial charge in [-0.05, 0) is 41.5 Å². The highest BCUT2D eigenvalue weighted by Crippen LogP contribution is 2.25. The molecule has 1 unspecified atom stereocenters. The molecular formula is C20H19N5O2S. The molecule has 0 spiro atoms. The van der Waals surface area contributed by atoms with Crippen LogP contribution in [-0.2, 0) is 30.6 Å². The lowest BCUT2D eigenvalue weighted by Crippen LogP contribution is -2.23. The molecular weight excluding hydrogens is 374 g/mol. The number of aromatic nitrogens is 2. The van der Waals surface area contributed by atoms with Crippen LogP contribution in [0.25, 0.3) is 0 Å². The molecule has 0 radical (unpaired) electrons. The standard InChI is InChI=1S/C20H19N5O2S/c21-28(27)16-5-3-14(4-6-16)12-25-13-18-17(20(25)26)7-8-19(24-18)23-11-15-2-1-9-22-10-15/h1-10H,11-13,21H2,(H,23,24). The number of carbonyl (C=O) groups excluding carboxylic acids is 1. The van der Waals surface area contributed by atoms with Gasteiger partial charge in [0.05, 0.1) is 22.7 Å². The van der Waals surface area contributed by atoms with Gasteiger partial charge in [-0.25, -0.2) is 14.3 Å². The summed E-state index contributed by atoms with van der Waals surface area (Å²) < 4.78 is 11.3. The molecule has 7 nitrogen and oxygen atoms in total. The van der Waals surface area contributed by atoms with Gasteiger partial charge in [0.15, 0.2) is 0 Å². The summed E-state index contributed by atoms with van der Waals surface area (Å²) in [6.07, 6.45) is 3.54. The number of benzene rings is 1. The summed E-state index contributed by atoms with van der Waals surface area (Å²) >= 11 is 0. The van der Waals surface area contributed by atoms with Crippen LogP contribution in [0.15, 0.2) is 65.8 Å².